The molecule has 7 heteroatoms. The second-order valence-corrected chi connectivity index (χ2v) is 5.74. The summed E-state index contributed by atoms with van der Waals surface area (Å²) in [5.74, 6) is 0.624. The molecule has 0 unspecified atom stereocenters. The van der Waals surface area contributed by atoms with Gasteiger partial charge in [0.15, 0.2) is 0 Å². The van der Waals surface area contributed by atoms with E-state index < -0.39 is 11.2 Å². The van der Waals surface area contributed by atoms with Crippen LogP contribution in [0.5, 0.6) is 5.75 Å². The highest BCUT2D eigenvalue weighted by Crippen LogP contribution is 2.30. The molecule has 0 spiro atoms. The van der Waals surface area contributed by atoms with Gasteiger partial charge >= 0.3 is 5.69 Å². The predicted octanol–water partition coefficient (Wildman–Crippen LogP) is 1.80. The number of halogens is 1. The lowest BCUT2D eigenvalue weighted by Crippen LogP contribution is -2.36. The largest absolute Gasteiger partial charge is 0.493 e. The Bertz CT molecular complexity index is 823. The highest BCUT2D eigenvalue weighted by Gasteiger charge is 2.19. The Morgan fingerprint density at radius 3 is 2.87 bits per heavy atom. The summed E-state index contributed by atoms with van der Waals surface area (Å²) in [5, 5.41) is 2.91. The van der Waals surface area contributed by atoms with Gasteiger partial charge in [0.25, 0.3) is 5.56 Å². The second kappa shape index (κ2) is 5.91. The number of rotatable bonds is 4. The van der Waals surface area contributed by atoms with Crippen molar-refractivity contribution in [2.45, 2.75) is 32.9 Å². The third-order valence-corrected chi connectivity index (χ3v) is 3.88. The maximum atomic E-state index is 14.0. The minimum absolute atomic E-state index is 0.166. The van der Waals surface area contributed by atoms with Crippen LogP contribution in [0.2, 0.25) is 0 Å². The molecule has 6 nitrogen and oxygen atoms in total. The average molecular weight is 319 g/mol. The van der Waals surface area contributed by atoms with Crippen LogP contribution in [0.4, 0.5) is 10.2 Å². The van der Waals surface area contributed by atoms with Crippen molar-refractivity contribution < 1.29 is 9.13 Å². The molecule has 0 fully saturated rings. The Morgan fingerprint density at radius 1 is 1.39 bits per heavy atom. The van der Waals surface area contributed by atoms with E-state index in [4.69, 9.17) is 4.74 Å². The molecular weight excluding hydrogens is 301 g/mol. The van der Waals surface area contributed by atoms with Gasteiger partial charge in [-0.25, -0.2) is 9.18 Å². The first-order valence-electron chi connectivity index (χ1n) is 7.50. The number of nitrogens with zero attached hydrogens (tertiary/aromatic N) is 1. The number of aromatic amines is 1. The SMILES string of the molecule is CC(C)n1c(=O)cc(NCc2c(F)ccc3c2CCO3)[nH]c1=O. The Labute approximate surface area is 131 Å². The molecule has 2 heterocycles. The normalized spacial score (nSPS) is 13.0. The smallest absolute Gasteiger partial charge is 0.330 e. The van der Waals surface area contributed by atoms with E-state index in [2.05, 4.69) is 10.3 Å². The average Bonchev–Trinajstić information content (AvgIpc) is 2.93. The van der Waals surface area contributed by atoms with Crippen molar-refractivity contribution in [2.75, 3.05) is 11.9 Å². The molecule has 0 radical (unpaired) electrons. The lowest BCUT2D eigenvalue weighted by molar-refractivity contribution is 0.356. The number of ether oxygens (including phenoxy) is 1. The minimum atomic E-state index is -0.489. The molecule has 0 bridgehead atoms. The highest BCUT2D eigenvalue weighted by atomic mass is 19.1. The van der Waals surface area contributed by atoms with Gasteiger partial charge in [-0.15, -0.1) is 0 Å². The number of hydrogen-bond acceptors (Lipinski definition) is 4. The number of benzene rings is 1. The lowest BCUT2D eigenvalue weighted by atomic mass is 10.0. The summed E-state index contributed by atoms with van der Waals surface area (Å²) in [4.78, 5) is 26.5. The molecule has 0 aliphatic carbocycles. The monoisotopic (exact) mass is 319 g/mol. The van der Waals surface area contributed by atoms with Gasteiger partial charge in [-0.3, -0.25) is 14.3 Å². The number of hydrogen-bond donors (Lipinski definition) is 2. The van der Waals surface area contributed by atoms with Gasteiger partial charge in [0.1, 0.15) is 17.4 Å². The number of aromatic nitrogens is 2. The van der Waals surface area contributed by atoms with Crippen molar-refractivity contribution in [3.05, 3.63) is 56.0 Å². The molecule has 23 heavy (non-hydrogen) atoms. The molecule has 1 aromatic heterocycles. The van der Waals surface area contributed by atoms with Gasteiger partial charge < -0.3 is 10.1 Å². The van der Waals surface area contributed by atoms with E-state index in [0.29, 0.717) is 24.3 Å². The number of H-pyrrole nitrogens is 1. The standard InChI is InChI=1S/C16H18FN3O3/c1-9(2)20-15(21)7-14(19-16(20)22)18-8-11-10-5-6-23-13(10)4-3-12(11)17/h3-4,7,9,18H,5-6,8H2,1-2H3,(H,19,22). The summed E-state index contributed by atoms with van der Waals surface area (Å²) in [6.07, 6.45) is 0.648. The van der Waals surface area contributed by atoms with Crippen molar-refractivity contribution >= 4 is 5.82 Å². The molecule has 0 amide bonds. The minimum Gasteiger partial charge on any atom is -0.493 e. The van der Waals surface area contributed by atoms with Crippen LogP contribution in [0, 0.1) is 5.82 Å². The third-order valence-electron chi connectivity index (χ3n) is 3.88. The molecule has 1 aliphatic heterocycles. The van der Waals surface area contributed by atoms with Crippen LogP contribution in [0.3, 0.4) is 0 Å². The molecule has 3 rings (SSSR count). The maximum absolute atomic E-state index is 14.0. The molecule has 0 saturated heterocycles. The zero-order valence-electron chi connectivity index (χ0n) is 13.0. The van der Waals surface area contributed by atoms with Crippen LogP contribution in [0.15, 0.2) is 27.8 Å². The van der Waals surface area contributed by atoms with Crippen molar-refractivity contribution in [1.82, 2.24) is 9.55 Å². The molecule has 122 valence electrons. The second-order valence-electron chi connectivity index (χ2n) is 5.74. The van der Waals surface area contributed by atoms with E-state index in [1.165, 1.54) is 12.1 Å². The molecule has 0 atom stereocenters. The van der Waals surface area contributed by atoms with Crippen LogP contribution in [0.1, 0.15) is 31.0 Å². The molecule has 2 N–H and O–H groups in total. The Kier molecular flexibility index (Phi) is 3.94. The Morgan fingerprint density at radius 2 is 2.17 bits per heavy atom. The number of nitrogens with one attached hydrogen (secondary N) is 2. The molecule has 1 aromatic carbocycles. The molecular formula is C16H18FN3O3. The summed E-state index contributed by atoms with van der Waals surface area (Å²) >= 11 is 0. The fourth-order valence-electron chi connectivity index (χ4n) is 2.78. The third kappa shape index (κ3) is 2.86. The zero-order valence-corrected chi connectivity index (χ0v) is 13.0. The van der Waals surface area contributed by atoms with Crippen molar-refractivity contribution in [3.8, 4) is 5.75 Å². The van der Waals surface area contributed by atoms with E-state index >= 15 is 0 Å². The first kappa shape index (κ1) is 15.3. The van der Waals surface area contributed by atoms with Gasteiger partial charge in [0, 0.05) is 36.2 Å². The van der Waals surface area contributed by atoms with E-state index in [9.17, 15) is 14.0 Å². The molecule has 1 aliphatic rings. The summed E-state index contributed by atoms with van der Waals surface area (Å²) < 4.78 is 20.6. The van der Waals surface area contributed by atoms with Crippen molar-refractivity contribution in [3.63, 3.8) is 0 Å². The fraction of sp³-hybridized carbons (Fsp3) is 0.375. The van der Waals surface area contributed by atoms with Gasteiger partial charge in [0.2, 0.25) is 0 Å². The predicted molar refractivity (Wildman–Crippen MR) is 84.6 cm³/mol. The van der Waals surface area contributed by atoms with Crippen LogP contribution in [-0.2, 0) is 13.0 Å². The van der Waals surface area contributed by atoms with Crippen LogP contribution < -0.4 is 21.3 Å². The number of anilines is 1. The maximum Gasteiger partial charge on any atom is 0.330 e. The topological polar surface area (TPSA) is 76.1 Å². The summed E-state index contributed by atoms with van der Waals surface area (Å²) in [6, 6.07) is 4.05. The van der Waals surface area contributed by atoms with E-state index in [0.717, 1.165) is 10.1 Å². The fourth-order valence-corrected chi connectivity index (χ4v) is 2.78. The molecule has 2 aromatic rings. The summed E-state index contributed by atoms with van der Waals surface area (Å²) in [5.41, 5.74) is 0.440. The van der Waals surface area contributed by atoms with Gasteiger partial charge in [-0.2, -0.15) is 0 Å². The van der Waals surface area contributed by atoms with Crippen molar-refractivity contribution in [2.24, 2.45) is 0 Å². The van der Waals surface area contributed by atoms with E-state index in [1.54, 1.807) is 19.9 Å². The Balaban J connectivity index is 1.87. The first-order chi connectivity index (χ1) is 11.0. The van der Waals surface area contributed by atoms with E-state index in [1.807, 2.05) is 0 Å². The summed E-state index contributed by atoms with van der Waals surface area (Å²) in [7, 11) is 0. The van der Waals surface area contributed by atoms with Gasteiger partial charge in [0.05, 0.1) is 6.61 Å². The van der Waals surface area contributed by atoms with Crippen LogP contribution >= 0.6 is 0 Å². The quantitative estimate of drug-likeness (QED) is 0.901. The zero-order chi connectivity index (χ0) is 16.6. The summed E-state index contributed by atoms with van der Waals surface area (Å²) in [6.45, 7) is 4.21. The Hall–Kier alpha value is -2.57. The first-order valence-corrected chi connectivity index (χ1v) is 7.50. The van der Waals surface area contributed by atoms with Crippen molar-refractivity contribution in [1.29, 1.82) is 0 Å². The highest BCUT2D eigenvalue weighted by molar-refractivity contribution is 5.45. The lowest BCUT2D eigenvalue weighted by Gasteiger charge is -2.12. The van der Waals surface area contributed by atoms with Gasteiger partial charge in [-0.1, -0.05) is 0 Å². The number of fused-ring (bicyclic) bond motifs is 1. The van der Waals surface area contributed by atoms with Gasteiger partial charge in [-0.05, 0) is 26.0 Å². The molecule has 0 saturated carbocycles. The van der Waals surface area contributed by atoms with E-state index in [-0.39, 0.29) is 24.2 Å². The van der Waals surface area contributed by atoms with Crippen LogP contribution in [0.25, 0.3) is 0 Å². The van der Waals surface area contributed by atoms with Crippen LogP contribution in [-0.4, -0.2) is 16.2 Å².